The lowest BCUT2D eigenvalue weighted by Gasteiger charge is -2.17. The molecule has 2 aromatic heterocycles. The number of fused-ring (bicyclic) bond motifs is 1. The summed E-state index contributed by atoms with van der Waals surface area (Å²) in [6.45, 7) is 8.21. The third-order valence-electron chi connectivity index (χ3n) is 5.95. The monoisotopic (exact) mass is 534 g/mol. The van der Waals surface area contributed by atoms with E-state index >= 15 is 0 Å². The molecule has 0 fully saturated rings. The predicted molar refractivity (Wildman–Crippen MR) is 149 cm³/mol. The molecule has 10 nitrogen and oxygen atoms in total. The molecule has 1 amide bonds. The number of nitrogens with one attached hydrogen (secondary N) is 2. The van der Waals surface area contributed by atoms with Crippen molar-refractivity contribution in [3.63, 3.8) is 0 Å². The van der Waals surface area contributed by atoms with Gasteiger partial charge in [-0.1, -0.05) is 30.8 Å². The number of sulfonamides is 1. The quantitative estimate of drug-likeness (QED) is 0.253. The Bertz CT molecular complexity index is 1630. The van der Waals surface area contributed by atoms with E-state index in [0.717, 1.165) is 16.8 Å². The third-order valence-corrected chi connectivity index (χ3v) is 7.37. The van der Waals surface area contributed by atoms with Gasteiger partial charge in [-0.3, -0.25) is 4.79 Å². The Balaban J connectivity index is 1.80. The second-order valence-corrected chi connectivity index (χ2v) is 11.5. The van der Waals surface area contributed by atoms with Crippen LogP contribution in [-0.2, 0) is 21.9 Å². The molecule has 0 aliphatic rings. The fraction of sp³-hybridized carbons (Fsp3) is 0.222. The fourth-order valence-corrected chi connectivity index (χ4v) is 5.20. The molecule has 2 aromatic carbocycles. The highest BCUT2D eigenvalue weighted by molar-refractivity contribution is 7.89. The number of nitrogens with zero attached hydrogens (tertiary/aromatic N) is 3. The SMILES string of the molecule is C=C(C)C(=O)Nc1ccc(-c2c(-c3ccc(S(=O)(=O)NCC(C)(C)O)cc3)c3c(N)ncnc3n2C)cc1. The van der Waals surface area contributed by atoms with Gasteiger partial charge in [0.1, 0.15) is 17.8 Å². The third kappa shape index (κ3) is 5.44. The van der Waals surface area contributed by atoms with Crippen molar-refractivity contribution in [3.05, 3.63) is 67.0 Å². The summed E-state index contributed by atoms with van der Waals surface area (Å²) in [7, 11) is -1.96. The second kappa shape index (κ2) is 10.0. The van der Waals surface area contributed by atoms with Crippen LogP contribution in [0.15, 0.2) is 71.9 Å². The molecular weight excluding hydrogens is 504 g/mol. The molecule has 0 atom stereocenters. The van der Waals surface area contributed by atoms with Gasteiger partial charge in [-0.05, 0) is 56.2 Å². The van der Waals surface area contributed by atoms with E-state index in [1.807, 2.05) is 23.7 Å². The van der Waals surface area contributed by atoms with E-state index < -0.39 is 15.6 Å². The lowest BCUT2D eigenvalue weighted by Crippen LogP contribution is -2.38. The Morgan fingerprint density at radius 1 is 1.08 bits per heavy atom. The molecule has 0 spiro atoms. The maximum Gasteiger partial charge on any atom is 0.250 e. The number of rotatable bonds is 8. The highest BCUT2D eigenvalue weighted by Crippen LogP contribution is 2.41. The van der Waals surface area contributed by atoms with Crippen molar-refractivity contribution in [3.8, 4) is 22.4 Å². The normalized spacial score (nSPS) is 12.0. The number of carbonyl (C=O) groups excluding carboxylic acids is 1. The molecular formula is C27H30N6O4S. The number of hydrogen-bond acceptors (Lipinski definition) is 7. The zero-order valence-corrected chi connectivity index (χ0v) is 22.4. The van der Waals surface area contributed by atoms with Crippen molar-refractivity contribution < 1.29 is 18.3 Å². The predicted octanol–water partition coefficient (Wildman–Crippen LogP) is 3.45. The maximum atomic E-state index is 12.7. The van der Waals surface area contributed by atoms with Crippen LogP contribution in [0.25, 0.3) is 33.4 Å². The Kier molecular flexibility index (Phi) is 7.11. The second-order valence-electron chi connectivity index (χ2n) is 9.71. The number of hydrogen-bond donors (Lipinski definition) is 4. The number of aryl methyl sites for hydroxylation is 1. The number of nitrogens with two attached hydrogens (primary N) is 1. The molecule has 0 aliphatic carbocycles. The van der Waals surface area contributed by atoms with E-state index in [1.165, 1.54) is 32.3 Å². The smallest absolute Gasteiger partial charge is 0.250 e. The summed E-state index contributed by atoms with van der Waals surface area (Å²) in [4.78, 5) is 20.7. The number of aliphatic hydroxyl groups is 1. The molecule has 2 heterocycles. The van der Waals surface area contributed by atoms with Gasteiger partial charge in [-0.25, -0.2) is 23.1 Å². The van der Waals surface area contributed by atoms with E-state index in [0.29, 0.717) is 33.7 Å². The highest BCUT2D eigenvalue weighted by Gasteiger charge is 2.23. The Hall–Kier alpha value is -4.06. The minimum Gasteiger partial charge on any atom is -0.389 e. The molecule has 198 valence electrons. The number of benzene rings is 2. The molecule has 4 rings (SSSR count). The van der Waals surface area contributed by atoms with Crippen molar-refractivity contribution in [1.82, 2.24) is 19.3 Å². The van der Waals surface area contributed by atoms with E-state index in [1.54, 1.807) is 31.2 Å². The molecule has 38 heavy (non-hydrogen) atoms. The number of carbonyl (C=O) groups is 1. The lowest BCUT2D eigenvalue weighted by molar-refractivity contribution is -0.112. The zero-order valence-electron chi connectivity index (χ0n) is 21.6. The molecule has 0 unspecified atom stereocenters. The maximum absolute atomic E-state index is 12.7. The molecule has 4 aromatic rings. The fourth-order valence-electron chi connectivity index (χ4n) is 4.00. The topological polar surface area (TPSA) is 152 Å². The minimum atomic E-state index is -3.83. The summed E-state index contributed by atoms with van der Waals surface area (Å²) < 4.78 is 29.8. The van der Waals surface area contributed by atoms with Gasteiger partial charge in [-0.2, -0.15) is 0 Å². The van der Waals surface area contributed by atoms with Crippen LogP contribution in [0.1, 0.15) is 20.8 Å². The largest absolute Gasteiger partial charge is 0.389 e. The molecule has 11 heteroatoms. The molecule has 0 radical (unpaired) electrons. The molecule has 0 saturated heterocycles. The minimum absolute atomic E-state index is 0.0640. The molecule has 0 saturated carbocycles. The van der Waals surface area contributed by atoms with E-state index in [9.17, 15) is 18.3 Å². The Morgan fingerprint density at radius 2 is 1.68 bits per heavy atom. The number of nitrogen functional groups attached to an aromatic ring is 1. The first-order valence-electron chi connectivity index (χ1n) is 11.8. The number of amides is 1. The average Bonchev–Trinajstić information content (AvgIpc) is 3.16. The first-order valence-corrected chi connectivity index (χ1v) is 13.3. The van der Waals surface area contributed by atoms with Crippen LogP contribution in [0.3, 0.4) is 0 Å². The first-order chi connectivity index (χ1) is 17.8. The Morgan fingerprint density at radius 3 is 2.26 bits per heavy atom. The Labute approximate surface area is 221 Å². The van der Waals surface area contributed by atoms with Crippen LogP contribution in [0, 0.1) is 0 Å². The van der Waals surface area contributed by atoms with Crippen molar-refractivity contribution in [2.75, 3.05) is 17.6 Å². The lowest BCUT2D eigenvalue weighted by atomic mass is 9.98. The van der Waals surface area contributed by atoms with Crippen LogP contribution >= 0.6 is 0 Å². The highest BCUT2D eigenvalue weighted by atomic mass is 32.2. The van der Waals surface area contributed by atoms with Crippen molar-refractivity contribution in [2.45, 2.75) is 31.3 Å². The first kappa shape index (κ1) is 27.0. The summed E-state index contributed by atoms with van der Waals surface area (Å²) >= 11 is 0. The van der Waals surface area contributed by atoms with Gasteiger partial charge in [0.15, 0.2) is 0 Å². The van der Waals surface area contributed by atoms with Crippen molar-refractivity contribution in [2.24, 2.45) is 7.05 Å². The van der Waals surface area contributed by atoms with Crippen molar-refractivity contribution in [1.29, 1.82) is 0 Å². The van der Waals surface area contributed by atoms with Crippen LogP contribution in [0.4, 0.5) is 11.5 Å². The summed E-state index contributed by atoms with van der Waals surface area (Å²) in [5.41, 5.74) is 9.82. The standard InChI is InChI=1S/C27H30N6O4S/c1-16(2)26(34)32-19-10-6-18(7-11-19)23-21(22-24(28)29-15-30-25(22)33(23)5)17-8-12-20(13-9-17)38(36,37)31-14-27(3,4)35/h6-13,15,31,35H,1,14H2,2-5H3,(H,32,34)(H2,28,29,30). The van der Waals surface area contributed by atoms with E-state index in [-0.39, 0.29) is 17.3 Å². The van der Waals surface area contributed by atoms with Crippen LogP contribution in [0.5, 0.6) is 0 Å². The summed E-state index contributed by atoms with van der Waals surface area (Å²) in [5, 5.41) is 13.3. The van der Waals surface area contributed by atoms with E-state index in [2.05, 4.69) is 26.6 Å². The number of aromatic nitrogens is 3. The van der Waals surface area contributed by atoms with Crippen molar-refractivity contribution >= 4 is 38.5 Å². The summed E-state index contributed by atoms with van der Waals surface area (Å²) in [6, 6.07) is 13.7. The number of anilines is 2. The summed E-state index contributed by atoms with van der Waals surface area (Å²) in [6.07, 6.45) is 1.39. The van der Waals surface area contributed by atoms with Gasteiger partial charge in [-0.15, -0.1) is 0 Å². The van der Waals surface area contributed by atoms with Crippen LogP contribution < -0.4 is 15.8 Å². The van der Waals surface area contributed by atoms with Gasteiger partial charge >= 0.3 is 0 Å². The van der Waals surface area contributed by atoms with E-state index in [4.69, 9.17) is 5.73 Å². The van der Waals surface area contributed by atoms with Gasteiger partial charge < -0.3 is 20.7 Å². The molecule has 0 aliphatic heterocycles. The van der Waals surface area contributed by atoms with Gasteiger partial charge in [0.2, 0.25) is 10.0 Å². The molecule has 5 N–H and O–H groups in total. The van der Waals surface area contributed by atoms with Crippen LogP contribution in [0.2, 0.25) is 0 Å². The van der Waals surface area contributed by atoms with Gasteiger partial charge in [0.25, 0.3) is 5.91 Å². The van der Waals surface area contributed by atoms with Gasteiger partial charge in [0.05, 0.1) is 21.6 Å². The summed E-state index contributed by atoms with van der Waals surface area (Å²) in [5.74, 6) is 0.0268. The molecule has 0 bridgehead atoms. The zero-order chi connectivity index (χ0) is 27.8. The van der Waals surface area contributed by atoms with Gasteiger partial charge in [0, 0.05) is 30.4 Å². The average molecular weight is 535 g/mol. The van der Waals surface area contributed by atoms with Crippen LogP contribution in [-0.4, -0.2) is 46.1 Å².